The van der Waals surface area contributed by atoms with Gasteiger partial charge in [-0.25, -0.2) is 8.42 Å². The molecule has 1 N–H and O–H groups in total. The van der Waals surface area contributed by atoms with E-state index in [2.05, 4.69) is 23.7 Å². The lowest BCUT2D eigenvalue weighted by Gasteiger charge is -2.11. The Morgan fingerprint density at radius 2 is 1.96 bits per heavy atom. The lowest BCUT2D eigenvalue weighted by atomic mass is 10.1. The third kappa shape index (κ3) is 3.18. The molecule has 7 heteroatoms. The zero-order valence-electron chi connectivity index (χ0n) is 14.5. The minimum atomic E-state index is -3.68. The monoisotopic (exact) mass is 349 g/mol. The number of rotatable bonds is 5. The van der Waals surface area contributed by atoms with Gasteiger partial charge in [-0.15, -0.1) is 0 Å². The summed E-state index contributed by atoms with van der Waals surface area (Å²) in [7, 11) is -3.68. The number of aryl methyl sites for hydroxylation is 1. The average Bonchev–Trinajstić information content (AvgIpc) is 3.02. The molecule has 1 aliphatic heterocycles. The second kappa shape index (κ2) is 6.22. The van der Waals surface area contributed by atoms with Gasteiger partial charge in [-0.2, -0.15) is 5.10 Å². The first kappa shape index (κ1) is 17.0. The van der Waals surface area contributed by atoms with E-state index in [1.54, 1.807) is 24.6 Å². The van der Waals surface area contributed by atoms with Crippen molar-refractivity contribution in [1.82, 2.24) is 9.78 Å². The maximum atomic E-state index is 12.8. The number of sulfonamides is 1. The van der Waals surface area contributed by atoms with E-state index in [1.165, 1.54) is 0 Å². The largest absolute Gasteiger partial charge is 0.372 e. The van der Waals surface area contributed by atoms with E-state index >= 15 is 0 Å². The number of anilines is 1. The molecule has 0 unspecified atom stereocenters. The van der Waals surface area contributed by atoms with Crippen molar-refractivity contribution in [3.8, 4) is 0 Å². The molecule has 2 aromatic rings. The second-order valence-electron chi connectivity index (χ2n) is 6.66. The Kier molecular flexibility index (Phi) is 4.40. The summed E-state index contributed by atoms with van der Waals surface area (Å²) in [6.45, 7) is 9.49. The molecule has 2 heterocycles. The average molecular weight is 349 g/mol. The van der Waals surface area contributed by atoms with E-state index in [0.29, 0.717) is 42.8 Å². The number of hydrogen-bond acceptors (Lipinski definition) is 4. The van der Waals surface area contributed by atoms with Crippen LogP contribution < -0.4 is 4.72 Å². The van der Waals surface area contributed by atoms with Gasteiger partial charge in [0.25, 0.3) is 10.0 Å². The quantitative estimate of drug-likeness (QED) is 0.900. The Morgan fingerprint density at radius 3 is 2.67 bits per heavy atom. The van der Waals surface area contributed by atoms with Gasteiger partial charge in [0.05, 0.1) is 24.6 Å². The van der Waals surface area contributed by atoms with Gasteiger partial charge < -0.3 is 4.74 Å². The highest BCUT2D eigenvalue weighted by molar-refractivity contribution is 7.92. The van der Waals surface area contributed by atoms with Crippen LogP contribution in [0, 0.1) is 19.8 Å². The van der Waals surface area contributed by atoms with Gasteiger partial charge in [-0.3, -0.25) is 9.40 Å². The van der Waals surface area contributed by atoms with Gasteiger partial charge >= 0.3 is 0 Å². The third-order valence-electron chi connectivity index (χ3n) is 4.10. The standard InChI is InChI=1S/C17H23N3O3S/c1-11(2)8-20-13(4)17(12(3)18-20)24(21,22)19-16-6-5-14-9-23-10-15(14)7-16/h5-7,11,19H,8-10H2,1-4H3. The summed E-state index contributed by atoms with van der Waals surface area (Å²) in [5.41, 5.74) is 3.87. The van der Waals surface area contributed by atoms with Crippen LogP contribution in [0.25, 0.3) is 0 Å². The van der Waals surface area contributed by atoms with Crippen LogP contribution in [0.4, 0.5) is 5.69 Å². The molecule has 0 spiro atoms. The zero-order valence-corrected chi connectivity index (χ0v) is 15.3. The normalized spacial score (nSPS) is 14.2. The smallest absolute Gasteiger partial charge is 0.265 e. The topological polar surface area (TPSA) is 73.2 Å². The molecule has 0 aliphatic carbocycles. The van der Waals surface area contributed by atoms with Gasteiger partial charge in [0.2, 0.25) is 0 Å². The molecule has 3 rings (SSSR count). The summed E-state index contributed by atoms with van der Waals surface area (Å²) in [4.78, 5) is 0.264. The summed E-state index contributed by atoms with van der Waals surface area (Å²) in [6, 6.07) is 5.51. The van der Waals surface area contributed by atoms with Crippen LogP contribution in [0.1, 0.15) is 36.4 Å². The van der Waals surface area contributed by atoms with Crippen molar-refractivity contribution in [3.05, 3.63) is 40.7 Å². The van der Waals surface area contributed by atoms with Crippen molar-refractivity contribution < 1.29 is 13.2 Å². The predicted octanol–water partition coefficient (Wildman–Crippen LogP) is 2.99. The Balaban J connectivity index is 1.92. The van der Waals surface area contributed by atoms with E-state index < -0.39 is 10.0 Å². The van der Waals surface area contributed by atoms with Gasteiger partial charge in [0, 0.05) is 12.2 Å². The van der Waals surface area contributed by atoms with E-state index in [-0.39, 0.29) is 4.90 Å². The summed E-state index contributed by atoms with van der Waals surface area (Å²) < 4.78 is 35.5. The maximum absolute atomic E-state index is 12.8. The molecule has 0 atom stereocenters. The lowest BCUT2D eigenvalue weighted by molar-refractivity contribution is 0.134. The molecule has 0 saturated heterocycles. The van der Waals surface area contributed by atoms with Crippen LogP contribution in [0.5, 0.6) is 0 Å². The van der Waals surface area contributed by atoms with E-state index in [4.69, 9.17) is 4.74 Å². The minimum Gasteiger partial charge on any atom is -0.372 e. The number of nitrogens with zero attached hydrogens (tertiary/aromatic N) is 2. The molecule has 0 radical (unpaired) electrons. The highest BCUT2D eigenvalue weighted by Crippen LogP contribution is 2.27. The van der Waals surface area contributed by atoms with Crippen LogP contribution in [0.2, 0.25) is 0 Å². The number of fused-ring (bicyclic) bond motifs is 1. The van der Waals surface area contributed by atoms with Gasteiger partial charge in [-0.1, -0.05) is 19.9 Å². The van der Waals surface area contributed by atoms with Gasteiger partial charge in [-0.05, 0) is 43.0 Å². The Hall–Kier alpha value is -1.86. The first-order valence-electron chi connectivity index (χ1n) is 8.04. The van der Waals surface area contributed by atoms with E-state index in [9.17, 15) is 8.42 Å². The third-order valence-corrected chi connectivity index (χ3v) is 5.73. The number of ether oxygens (including phenoxy) is 1. The fourth-order valence-corrected chi connectivity index (χ4v) is 4.50. The summed E-state index contributed by atoms with van der Waals surface area (Å²) >= 11 is 0. The van der Waals surface area contributed by atoms with E-state index in [1.807, 2.05) is 12.1 Å². The molecule has 130 valence electrons. The molecule has 1 aromatic heterocycles. The Labute approximate surface area is 142 Å². The Morgan fingerprint density at radius 1 is 1.25 bits per heavy atom. The number of aromatic nitrogens is 2. The van der Waals surface area contributed by atoms with Crippen molar-refractivity contribution in [2.24, 2.45) is 5.92 Å². The summed E-state index contributed by atoms with van der Waals surface area (Å²) in [6.07, 6.45) is 0. The molecule has 24 heavy (non-hydrogen) atoms. The van der Waals surface area contributed by atoms with Crippen LogP contribution in [-0.2, 0) is 34.5 Å². The molecule has 6 nitrogen and oxygen atoms in total. The number of nitrogens with one attached hydrogen (secondary N) is 1. The molecular formula is C17H23N3O3S. The fourth-order valence-electron chi connectivity index (χ4n) is 3.03. The molecule has 0 fully saturated rings. The highest BCUT2D eigenvalue weighted by Gasteiger charge is 2.25. The minimum absolute atomic E-state index is 0.264. The van der Waals surface area contributed by atoms with Crippen LogP contribution in [-0.4, -0.2) is 18.2 Å². The van der Waals surface area contributed by atoms with Crippen molar-refractivity contribution in [3.63, 3.8) is 0 Å². The first-order valence-corrected chi connectivity index (χ1v) is 9.52. The SMILES string of the molecule is Cc1nn(CC(C)C)c(C)c1S(=O)(=O)Nc1ccc2c(c1)COC2. The van der Waals surface area contributed by atoms with Crippen molar-refractivity contribution in [2.75, 3.05) is 4.72 Å². The van der Waals surface area contributed by atoms with Crippen LogP contribution in [0.3, 0.4) is 0 Å². The molecular weight excluding hydrogens is 326 g/mol. The van der Waals surface area contributed by atoms with Gasteiger partial charge in [0.1, 0.15) is 4.90 Å². The van der Waals surface area contributed by atoms with E-state index in [0.717, 1.165) is 11.1 Å². The van der Waals surface area contributed by atoms with Crippen molar-refractivity contribution >= 4 is 15.7 Å². The molecule has 0 bridgehead atoms. The lowest BCUT2D eigenvalue weighted by Crippen LogP contribution is -2.15. The highest BCUT2D eigenvalue weighted by atomic mass is 32.2. The second-order valence-corrected chi connectivity index (χ2v) is 8.28. The Bertz CT molecular complexity index is 869. The van der Waals surface area contributed by atoms with Crippen LogP contribution >= 0.6 is 0 Å². The predicted molar refractivity (Wildman–Crippen MR) is 92.3 cm³/mol. The first-order chi connectivity index (χ1) is 11.3. The fraction of sp³-hybridized carbons (Fsp3) is 0.471. The summed E-state index contributed by atoms with van der Waals surface area (Å²) in [5, 5.41) is 4.39. The maximum Gasteiger partial charge on any atom is 0.265 e. The number of hydrogen-bond donors (Lipinski definition) is 1. The molecule has 0 amide bonds. The summed E-state index contributed by atoms with van der Waals surface area (Å²) in [5.74, 6) is 0.392. The van der Waals surface area contributed by atoms with Crippen molar-refractivity contribution in [1.29, 1.82) is 0 Å². The molecule has 1 aliphatic rings. The van der Waals surface area contributed by atoms with Crippen molar-refractivity contribution in [2.45, 2.75) is 52.3 Å². The van der Waals surface area contributed by atoms with Gasteiger partial charge in [0.15, 0.2) is 0 Å². The van der Waals surface area contributed by atoms with Crippen LogP contribution in [0.15, 0.2) is 23.1 Å². The molecule has 1 aromatic carbocycles. The molecule has 0 saturated carbocycles. The zero-order chi connectivity index (χ0) is 17.5. The number of benzene rings is 1.